The second-order valence-electron chi connectivity index (χ2n) is 6.60. The Labute approximate surface area is 158 Å². The molecule has 140 valence electrons. The van der Waals surface area contributed by atoms with E-state index in [0.717, 1.165) is 36.5 Å². The lowest BCUT2D eigenvalue weighted by atomic mass is 10.0. The van der Waals surface area contributed by atoms with E-state index in [1.165, 1.54) is 5.69 Å². The molecule has 0 spiro atoms. The lowest BCUT2D eigenvalue weighted by Crippen LogP contribution is -2.39. The molecule has 0 aliphatic carbocycles. The van der Waals surface area contributed by atoms with Crippen molar-refractivity contribution < 1.29 is 9.53 Å². The maximum Gasteiger partial charge on any atom is 0.260 e. The zero-order valence-electron chi connectivity index (χ0n) is 15.4. The molecule has 2 aromatic heterocycles. The van der Waals surface area contributed by atoms with Crippen LogP contribution in [-0.4, -0.2) is 43.7 Å². The van der Waals surface area contributed by atoms with Crippen molar-refractivity contribution in [2.24, 2.45) is 0 Å². The predicted molar refractivity (Wildman–Crippen MR) is 101 cm³/mol. The first-order chi connectivity index (χ1) is 13.3. The summed E-state index contributed by atoms with van der Waals surface area (Å²) < 4.78 is 7.69. The second-order valence-corrected chi connectivity index (χ2v) is 6.60. The number of imidazole rings is 1. The Bertz CT molecular complexity index is 902. The van der Waals surface area contributed by atoms with Crippen LogP contribution in [0, 0.1) is 0 Å². The predicted octanol–water partition coefficient (Wildman–Crippen LogP) is 2.65. The first-order valence-corrected chi connectivity index (χ1v) is 9.30. The number of fused-ring (bicyclic) bond motifs is 1. The lowest BCUT2D eigenvalue weighted by Gasteiger charge is -2.28. The third-order valence-electron chi connectivity index (χ3n) is 4.75. The standard InChI is InChI=1S/C20H23N5O2/c1-2-11-25-17-8-12-24(18(26)14-27-15-6-4-3-5-7-15)13-16(17)19(23-25)20-21-9-10-22-20/h3-7,9-10H,2,8,11-14H2,1H3,(H,21,22). The molecule has 3 aromatic rings. The summed E-state index contributed by atoms with van der Waals surface area (Å²) in [6.45, 7) is 4.26. The summed E-state index contributed by atoms with van der Waals surface area (Å²) in [5.41, 5.74) is 3.12. The van der Waals surface area contributed by atoms with Gasteiger partial charge in [0.25, 0.3) is 5.91 Å². The number of ether oxygens (including phenoxy) is 1. The molecule has 7 nitrogen and oxygen atoms in total. The lowest BCUT2D eigenvalue weighted by molar-refractivity contribution is -0.134. The third kappa shape index (κ3) is 3.58. The zero-order chi connectivity index (χ0) is 18.6. The highest BCUT2D eigenvalue weighted by molar-refractivity contribution is 5.78. The average Bonchev–Trinajstić information content (AvgIpc) is 3.35. The zero-order valence-corrected chi connectivity index (χ0v) is 15.4. The molecular formula is C20H23N5O2. The number of benzene rings is 1. The SMILES string of the molecule is CCCn1nc(-c2ncc[nH]2)c2c1CCN(C(=O)COc1ccccc1)C2. The monoisotopic (exact) mass is 365 g/mol. The summed E-state index contributed by atoms with van der Waals surface area (Å²) in [6, 6.07) is 9.41. The largest absolute Gasteiger partial charge is 0.484 e. The van der Waals surface area contributed by atoms with Gasteiger partial charge >= 0.3 is 0 Å². The minimum atomic E-state index is -0.0156. The fraction of sp³-hybridized carbons (Fsp3) is 0.350. The Balaban J connectivity index is 1.52. The molecule has 3 heterocycles. The minimum absolute atomic E-state index is 0.0156. The summed E-state index contributed by atoms with van der Waals surface area (Å²) in [7, 11) is 0. The normalized spacial score (nSPS) is 13.4. The average molecular weight is 365 g/mol. The van der Waals surface area contributed by atoms with Crippen molar-refractivity contribution in [2.45, 2.75) is 32.9 Å². The molecule has 0 saturated heterocycles. The summed E-state index contributed by atoms with van der Waals surface area (Å²) in [5, 5.41) is 4.77. The van der Waals surface area contributed by atoms with E-state index in [0.29, 0.717) is 18.8 Å². The molecule has 1 aliphatic rings. The number of hydrogen-bond acceptors (Lipinski definition) is 4. The molecule has 7 heteroatoms. The summed E-state index contributed by atoms with van der Waals surface area (Å²) in [5.74, 6) is 1.43. The van der Waals surface area contributed by atoms with Crippen molar-refractivity contribution in [3.05, 3.63) is 54.0 Å². The van der Waals surface area contributed by atoms with Gasteiger partial charge in [-0.1, -0.05) is 25.1 Å². The molecule has 0 atom stereocenters. The Morgan fingerprint density at radius 2 is 2.15 bits per heavy atom. The highest BCUT2D eigenvalue weighted by atomic mass is 16.5. The molecule has 0 fully saturated rings. The summed E-state index contributed by atoms with van der Waals surface area (Å²) in [4.78, 5) is 22.0. The van der Waals surface area contributed by atoms with Crippen molar-refractivity contribution in [1.82, 2.24) is 24.6 Å². The van der Waals surface area contributed by atoms with Gasteiger partial charge in [-0.15, -0.1) is 0 Å². The van der Waals surface area contributed by atoms with Crippen LogP contribution in [0.1, 0.15) is 24.6 Å². The number of rotatable bonds is 6. The van der Waals surface area contributed by atoms with Gasteiger partial charge in [0.2, 0.25) is 0 Å². The highest BCUT2D eigenvalue weighted by Gasteiger charge is 2.28. The number of carbonyl (C=O) groups is 1. The number of nitrogens with one attached hydrogen (secondary N) is 1. The van der Waals surface area contributed by atoms with Gasteiger partial charge < -0.3 is 14.6 Å². The number of aromatic amines is 1. The van der Waals surface area contributed by atoms with Gasteiger partial charge in [-0.25, -0.2) is 4.98 Å². The van der Waals surface area contributed by atoms with Crippen LogP contribution in [0.2, 0.25) is 0 Å². The highest BCUT2D eigenvalue weighted by Crippen LogP contribution is 2.28. The van der Waals surface area contributed by atoms with E-state index in [9.17, 15) is 4.79 Å². The van der Waals surface area contributed by atoms with E-state index in [2.05, 4.69) is 21.6 Å². The smallest absolute Gasteiger partial charge is 0.260 e. The Morgan fingerprint density at radius 3 is 2.89 bits per heavy atom. The third-order valence-corrected chi connectivity index (χ3v) is 4.75. The van der Waals surface area contributed by atoms with Gasteiger partial charge in [0.05, 0.1) is 0 Å². The summed E-state index contributed by atoms with van der Waals surface area (Å²) in [6.07, 6.45) is 5.32. The van der Waals surface area contributed by atoms with Gasteiger partial charge in [-0.2, -0.15) is 5.10 Å². The first-order valence-electron chi connectivity index (χ1n) is 9.30. The van der Waals surface area contributed by atoms with E-state index in [-0.39, 0.29) is 12.5 Å². The van der Waals surface area contributed by atoms with E-state index in [4.69, 9.17) is 9.84 Å². The molecule has 0 saturated carbocycles. The fourth-order valence-electron chi connectivity index (χ4n) is 3.44. The number of H-pyrrole nitrogens is 1. The van der Waals surface area contributed by atoms with Gasteiger partial charge in [0.1, 0.15) is 11.4 Å². The maximum atomic E-state index is 12.7. The van der Waals surface area contributed by atoms with Crippen molar-refractivity contribution in [2.75, 3.05) is 13.2 Å². The van der Waals surface area contributed by atoms with Gasteiger partial charge in [0.15, 0.2) is 12.4 Å². The molecule has 0 radical (unpaired) electrons. The van der Waals surface area contributed by atoms with Crippen LogP contribution in [0.3, 0.4) is 0 Å². The molecular weight excluding hydrogens is 342 g/mol. The number of para-hydroxylation sites is 1. The molecule has 1 aromatic carbocycles. The Hall–Kier alpha value is -3.09. The molecule has 0 unspecified atom stereocenters. The number of nitrogens with zero attached hydrogens (tertiary/aromatic N) is 4. The number of aromatic nitrogens is 4. The van der Waals surface area contributed by atoms with Gasteiger partial charge in [-0.3, -0.25) is 9.48 Å². The summed E-state index contributed by atoms with van der Waals surface area (Å²) >= 11 is 0. The van der Waals surface area contributed by atoms with E-state index in [1.807, 2.05) is 35.2 Å². The molecule has 4 rings (SSSR count). The van der Waals surface area contributed by atoms with Crippen molar-refractivity contribution in [3.8, 4) is 17.3 Å². The molecule has 0 bridgehead atoms. The van der Waals surface area contributed by atoms with E-state index >= 15 is 0 Å². The van der Waals surface area contributed by atoms with Crippen LogP contribution in [0.15, 0.2) is 42.7 Å². The quantitative estimate of drug-likeness (QED) is 0.729. The van der Waals surface area contributed by atoms with Gasteiger partial charge in [0, 0.05) is 49.7 Å². The van der Waals surface area contributed by atoms with E-state index in [1.54, 1.807) is 12.4 Å². The molecule has 1 aliphatic heterocycles. The van der Waals surface area contributed by atoms with Crippen LogP contribution in [0.5, 0.6) is 5.75 Å². The van der Waals surface area contributed by atoms with Crippen molar-refractivity contribution in [1.29, 1.82) is 0 Å². The van der Waals surface area contributed by atoms with Gasteiger partial charge in [-0.05, 0) is 18.6 Å². The number of amides is 1. The maximum absolute atomic E-state index is 12.7. The fourth-order valence-corrected chi connectivity index (χ4v) is 3.44. The Kier molecular flexibility index (Phi) is 4.91. The number of aryl methyl sites for hydroxylation is 1. The molecule has 27 heavy (non-hydrogen) atoms. The second kappa shape index (κ2) is 7.65. The van der Waals surface area contributed by atoms with Crippen molar-refractivity contribution in [3.63, 3.8) is 0 Å². The number of carbonyl (C=O) groups excluding carboxylic acids is 1. The molecule has 1 N–H and O–H groups in total. The molecule has 1 amide bonds. The van der Waals surface area contributed by atoms with Crippen molar-refractivity contribution >= 4 is 5.91 Å². The van der Waals surface area contributed by atoms with Crippen LogP contribution in [0.4, 0.5) is 0 Å². The Morgan fingerprint density at radius 1 is 1.30 bits per heavy atom. The van der Waals surface area contributed by atoms with E-state index < -0.39 is 0 Å². The van der Waals surface area contributed by atoms with Crippen LogP contribution in [-0.2, 0) is 24.3 Å². The topological polar surface area (TPSA) is 76.0 Å². The van der Waals surface area contributed by atoms with Crippen LogP contribution < -0.4 is 4.74 Å². The van der Waals surface area contributed by atoms with Crippen LogP contribution >= 0.6 is 0 Å². The number of hydrogen-bond donors (Lipinski definition) is 1. The minimum Gasteiger partial charge on any atom is -0.484 e. The first kappa shape index (κ1) is 17.3. The van der Waals surface area contributed by atoms with Crippen LogP contribution in [0.25, 0.3) is 11.5 Å².